The quantitative estimate of drug-likeness (QED) is 0.846. The largest absolute Gasteiger partial charge is 0.493 e. The second-order valence-corrected chi connectivity index (χ2v) is 6.74. The van der Waals surface area contributed by atoms with Gasteiger partial charge >= 0.3 is 0 Å². The monoisotopic (exact) mass is 353 g/mol. The summed E-state index contributed by atoms with van der Waals surface area (Å²) >= 11 is 0. The molecule has 26 heavy (non-hydrogen) atoms. The predicted octanol–water partition coefficient (Wildman–Crippen LogP) is 3.27. The Morgan fingerprint density at radius 1 is 1.19 bits per heavy atom. The summed E-state index contributed by atoms with van der Waals surface area (Å²) in [4.78, 5) is 14.9. The minimum absolute atomic E-state index is 0.0871. The van der Waals surface area contributed by atoms with Gasteiger partial charge in [-0.25, -0.2) is 0 Å². The van der Waals surface area contributed by atoms with E-state index in [4.69, 9.17) is 14.2 Å². The van der Waals surface area contributed by atoms with Crippen molar-refractivity contribution in [2.45, 2.75) is 18.8 Å². The fourth-order valence-electron chi connectivity index (χ4n) is 3.93. The molecule has 0 N–H and O–H groups in total. The molecule has 0 saturated carbocycles. The van der Waals surface area contributed by atoms with Gasteiger partial charge in [-0.05, 0) is 36.2 Å². The Morgan fingerprint density at radius 2 is 2.08 bits per heavy atom. The summed E-state index contributed by atoms with van der Waals surface area (Å²) in [5.74, 6) is 2.74. The number of nitrogens with zero attached hydrogens (tertiary/aromatic N) is 1. The smallest absolute Gasteiger partial charge is 0.253 e. The van der Waals surface area contributed by atoms with E-state index in [1.165, 1.54) is 0 Å². The highest BCUT2D eigenvalue weighted by molar-refractivity contribution is 5.95. The number of para-hydroxylation sites is 1. The molecule has 4 rings (SSSR count). The average Bonchev–Trinajstić information content (AvgIpc) is 3.35. The van der Waals surface area contributed by atoms with Gasteiger partial charge in [0.05, 0.1) is 20.8 Å². The Bertz CT molecular complexity index is 833. The molecule has 5 nitrogen and oxygen atoms in total. The van der Waals surface area contributed by atoms with Crippen LogP contribution in [-0.4, -0.2) is 44.7 Å². The first kappa shape index (κ1) is 16.8. The number of ether oxygens (including phenoxy) is 3. The molecule has 2 heterocycles. The maximum absolute atomic E-state index is 12.9. The van der Waals surface area contributed by atoms with Gasteiger partial charge in [0.15, 0.2) is 11.5 Å². The van der Waals surface area contributed by atoms with Gasteiger partial charge in [-0.1, -0.05) is 12.1 Å². The van der Waals surface area contributed by atoms with Crippen molar-refractivity contribution in [1.82, 2.24) is 4.90 Å². The normalized spacial score (nSPS) is 18.4. The maximum atomic E-state index is 12.9. The zero-order chi connectivity index (χ0) is 18.1. The summed E-state index contributed by atoms with van der Waals surface area (Å²) in [5, 5.41) is 0. The molecule has 1 unspecified atom stereocenters. The fraction of sp³-hybridized carbons (Fsp3) is 0.381. The summed E-state index contributed by atoms with van der Waals surface area (Å²) in [7, 11) is 3.30. The number of methoxy groups -OCH3 is 2. The van der Waals surface area contributed by atoms with Gasteiger partial charge in [-0.2, -0.15) is 0 Å². The lowest BCUT2D eigenvalue weighted by molar-refractivity contribution is 0.0790. The molecule has 1 saturated heterocycles. The van der Waals surface area contributed by atoms with E-state index in [-0.39, 0.29) is 11.8 Å². The minimum Gasteiger partial charge on any atom is -0.493 e. The third-order valence-electron chi connectivity index (χ3n) is 5.29. The topological polar surface area (TPSA) is 48.0 Å². The molecule has 2 aromatic carbocycles. The Kier molecular flexibility index (Phi) is 4.45. The van der Waals surface area contributed by atoms with E-state index in [0.717, 1.165) is 53.3 Å². The Balaban J connectivity index is 1.53. The van der Waals surface area contributed by atoms with Gasteiger partial charge in [-0.3, -0.25) is 4.79 Å². The second-order valence-electron chi connectivity index (χ2n) is 6.74. The summed E-state index contributed by atoms with van der Waals surface area (Å²) in [6.07, 6.45) is 1.80. The van der Waals surface area contributed by atoms with Gasteiger partial charge in [0, 0.05) is 36.6 Å². The standard InChI is InChI=1S/C21H23NO4/c1-24-19-5-3-4-17(20(19)25-2)16-8-10-22(13-16)21(23)15-6-7-18-14(12-15)9-11-26-18/h3-7,12,16H,8-11,13H2,1-2H3. The van der Waals surface area contributed by atoms with E-state index in [1.807, 2.05) is 35.2 Å². The lowest BCUT2D eigenvalue weighted by Gasteiger charge is -2.19. The third-order valence-corrected chi connectivity index (χ3v) is 5.29. The van der Waals surface area contributed by atoms with E-state index in [0.29, 0.717) is 13.2 Å². The molecule has 0 aliphatic carbocycles. The van der Waals surface area contributed by atoms with Crippen molar-refractivity contribution in [2.75, 3.05) is 33.9 Å². The van der Waals surface area contributed by atoms with Crippen molar-refractivity contribution >= 4 is 5.91 Å². The van der Waals surface area contributed by atoms with Gasteiger partial charge in [0.25, 0.3) is 5.91 Å². The van der Waals surface area contributed by atoms with Crippen molar-refractivity contribution in [3.63, 3.8) is 0 Å². The van der Waals surface area contributed by atoms with Crippen molar-refractivity contribution < 1.29 is 19.0 Å². The number of fused-ring (bicyclic) bond motifs is 1. The van der Waals surface area contributed by atoms with Gasteiger partial charge < -0.3 is 19.1 Å². The van der Waals surface area contributed by atoms with Crippen molar-refractivity contribution in [3.05, 3.63) is 53.1 Å². The van der Waals surface area contributed by atoms with Crippen LogP contribution < -0.4 is 14.2 Å². The van der Waals surface area contributed by atoms with Crippen molar-refractivity contribution in [1.29, 1.82) is 0 Å². The molecule has 1 amide bonds. The maximum Gasteiger partial charge on any atom is 0.253 e. The minimum atomic E-state index is 0.0871. The van der Waals surface area contributed by atoms with E-state index in [2.05, 4.69) is 6.07 Å². The van der Waals surface area contributed by atoms with Crippen LogP contribution in [0.25, 0.3) is 0 Å². The van der Waals surface area contributed by atoms with Crippen LogP contribution in [0.3, 0.4) is 0 Å². The molecular weight excluding hydrogens is 330 g/mol. The van der Waals surface area contributed by atoms with Gasteiger partial charge in [0.2, 0.25) is 0 Å². The van der Waals surface area contributed by atoms with Crippen LogP contribution in [0.2, 0.25) is 0 Å². The Morgan fingerprint density at radius 3 is 2.88 bits per heavy atom. The highest BCUT2D eigenvalue weighted by Crippen LogP contribution is 2.39. The first-order valence-electron chi connectivity index (χ1n) is 8.97. The van der Waals surface area contributed by atoms with E-state index >= 15 is 0 Å². The zero-order valence-corrected chi connectivity index (χ0v) is 15.2. The second kappa shape index (κ2) is 6.90. The van der Waals surface area contributed by atoms with Crippen LogP contribution in [0, 0.1) is 0 Å². The molecule has 1 atom stereocenters. The van der Waals surface area contributed by atoms with E-state index in [1.54, 1.807) is 14.2 Å². The summed E-state index contributed by atoms with van der Waals surface area (Å²) in [6.45, 7) is 2.14. The molecule has 0 spiro atoms. The van der Waals surface area contributed by atoms with Crippen LogP contribution >= 0.6 is 0 Å². The molecule has 0 radical (unpaired) electrons. The number of hydrogen-bond donors (Lipinski definition) is 0. The van der Waals surface area contributed by atoms with E-state index in [9.17, 15) is 4.79 Å². The average molecular weight is 353 g/mol. The molecule has 5 heteroatoms. The highest BCUT2D eigenvalue weighted by Gasteiger charge is 2.31. The molecule has 1 fully saturated rings. The van der Waals surface area contributed by atoms with Crippen LogP contribution in [0.15, 0.2) is 36.4 Å². The molecule has 0 bridgehead atoms. The van der Waals surface area contributed by atoms with Crippen molar-refractivity contribution in [3.8, 4) is 17.2 Å². The third kappa shape index (κ3) is 2.87. The van der Waals surface area contributed by atoms with Crippen molar-refractivity contribution in [2.24, 2.45) is 0 Å². The predicted molar refractivity (Wildman–Crippen MR) is 98.4 cm³/mol. The SMILES string of the molecule is COc1cccc(C2CCN(C(=O)c3ccc4c(c3)CCO4)C2)c1OC. The number of likely N-dealkylation sites (tertiary alicyclic amines) is 1. The van der Waals surface area contributed by atoms with Gasteiger partial charge in [-0.15, -0.1) is 0 Å². The van der Waals surface area contributed by atoms with Crippen LogP contribution in [0.5, 0.6) is 17.2 Å². The molecule has 2 aliphatic rings. The van der Waals surface area contributed by atoms with Gasteiger partial charge in [0.1, 0.15) is 5.75 Å². The molecule has 2 aliphatic heterocycles. The number of hydrogen-bond acceptors (Lipinski definition) is 4. The van der Waals surface area contributed by atoms with E-state index < -0.39 is 0 Å². The first-order chi connectivity index (χ1) is 12.7. The lowest BCUT2D eigenvalue weighted by Crippen LogP contribution is -2.28. The first-order valence-corrected chi connectivity index (χ1v) is 8.97. The lowest BCUT2D eigenvalue weighted by atomic mass is 9.97. The van der Waals surface area contributed by atoms with Crippen LogP contribution in [-0.2, 0) is 6.42 Å². The summed E-state index contributed by atoms with van der Waals surface area (Å²) < 4.78 is 16.5. The number of carbonyl (C=O) groups is 1. The number of rotatable bonds is 4. The highest BCUT2D eigenvalue weighted by atomic mass is 16.5. The number of benzene rings is 2. The number of carbonyl (C=O) groups excluding carboxylic acids is 1. The Labute approximate surface area is 153 Å². The van der Waals surface area contributed by atoms with Crippen LogP contribution in [0.1, 0.15) is 33.8 Å². The molecule has 0 aromatic heterocycles. The molecular formula is C21H23NO4. The Hall–Kier alpha value is -2.69. The molecule has 136 valence electrons. The summed E-state index contributed by atoms with van der Waals surface area (Å²) in [5.41, 5.74) is 2.97. The van der Waals surface area contributed by atoms with Crippen LogP contribution in [0.4, 0.5) is 0 Å². The fourth-order valence-corrected chi connectivity index (χ4v) is 3.93. The summed E-state index contributed by atoms with van der Waals surface area (Å²) in [6, 6.07) is 11.7. The molecule has 2 aromatic rings. The number of amides is 1. The zero-order valence-electron chi connectivity index (χ0n) is 15.2.